The Morgan fingerprint density at radius 1 is 0.333 bits per heavy atom. The molecular formula is C54H41N3. The predicted octanol–water partition coefficient (Wildman–Crippen LogP) is 15.3. The number of fused-ring (bicyclic) bond motifs is 8. The fourth-order valence-electron chi connectivity index (χ4n) is 9.75. The summed E-state index contributed by atoms with van der Waals surface area (Å²) >= 11 is 0. The lowest BCUT2D eigenvalue weighted by atomic mass is 9.96. The minimum Gasteiger partial charge on any atom is -0.309 e. The van der Waals surface area contributed by atoms with E-state index in [9.17, 15) is 0 Å². The largest absolute Gasteiger partial charge is 0.309 e. The molecule has 0 amide bonds. The Kier molecular flexibility index (Phi) is 7.42. The normalized spacial score (nSPS) is 11.9. The molecule has 0 N–H and O–H groups in total. The van der Waals surface area contributed by atoms with Crippen LogP contribution in [-0.2, 0) is 0 Å². The number of anilines is 6. The Bertz CT molecular complexity index is 3080. The molecular weight excluding hydrogens is 691 g/mol. The molecule has 2 heterocycles. The second-order valence-electron chi connectivity index (χ2n) is 15.5. The van der Waals surface area contributed by atoms with Crippen LogP contribution in [0.5, 0.6) is 0 Å². The highest BCUT2D eigenvalue weighted by Crippen LogP contribution is 2.54. The molecule has 0 fully saturated rings. The van der Waals surface area contributed by atoms with Crippen molar-refractivity contribution in [2.45, 2.75) is 27.7 Å². The van der Waals surface area contributed by atoms with Gasteiger partial charge in [-0.25, -0.2) is 0 Å². The Morgan fingerprint density at radius 3 is 1.11 bits per heavy atom. The molecule has 9 aromatic carbocycles. The first-order valence-electron chi connectivity index (χ1n) is 19.9. The predicted molar refractivity (Wildman–Crippen MR) is 244 cm³/mol. The van der Waals surface area contributed by atoms with Crippen LogP contribution in [0.4, 0.5) is 34.1 Å². The first-order valence-corrected chi connectivity index (χ1v) is 19.9. The molecule has 3 heteroatoms. The molecule has 0 unspecified atom stereocenters. The lowest BCUT2D eigenvalue weighted by Crippen LogP contribution is -2.14. The Morgan fingerprint density at radius 2 is 0.684 bits per heavy atom. The van der Waals surface area contributed by atoms with E-state index in [1.54, 1.807) is 0 Å². The fraction of sp³-hybridized carbons (Fsp3) is 0.0741. The highest BCUT2D eigenvalue weighted by molar-refractivity contribution is 6.33. The van der Waals surface area contributed by atoms with Crippen molar-refractivity contribution in [3.05, 3.63) is 198 Å². The zero-order valence-electron chi connectivity index (χ0n) is 32.6. The van der Waals surface area contributed by atoms with Crippen LogP contribution in [0.25, 0.3) is 59.6 Å². The van der Waals surface area contributed by atoms with E-state index in [4.69, 9.17) is 0 Å². The fourth-order valence-corrected chi connectivity index (χ4v) is 9.75. The van der Waals surface area contributed by atoms with Gasteiger partial charge in [-0.05, 0) is 97.1 Å². The van der Waals surface area contributed by atoms with Gasteiger partial charge in [-0.3, -0.25) is 0 Å². The standard InChI is InChI=1S/C54H41N3/c1-34-18-15-19-35(2)50(34)55(40-24-7-5-8-25-40)53-42-28-13-11-22-38(42)32-46-48(53)44-30-17-31-45-49-47(57(46)52(44)45)33-39-23-12-14-29-43(39)54(49)56(41-26-9-6-10-27-41)51-36(3)20-16-21-37(51)4/h5-33H,1-4H3. The lowest BCUT2D eigenvalue weighted by molar-refractivity contribution is 1.23. The molecule has 0 atom stereocenters. The molecule has 3 nitrogen and oxygen atoms in total. The van der Waals surface area contributed by atoms with E-state index in [1.165, 1.54) is 105 Å². The molecule has 0 aliphatic rings. The van der Waals surface area contributed by atoms with E-state index in [-0.39, 0.29) is 0 Å². The summed E-state index contributed by atoms with van der Waals surface area (Å²) < 4.78 is 2.57. The summed E-state index contributed by atoms with van der Waals surface area (Å²) in [4.78, 5) is 5.05. The number of hydrogen-bond acceptors (Lipinski definition) is 2. The lowest BCUT2D eigenvalue weighted by Gasteiger charge is -2.31. The van der Waals surface area contributed by atoms with E-state index in [0.717, 1.165) is 11.4 Å². The Hall–Kier alpha value is -7.10. The second-order valence-corrected chi connectivity index (χ2v) is 15.5. The molecule has 0 bridgehead atoms. The summed E-state index contributed by atoms with van der Waals surface area (Å²) in [6.45, 7) is 8.95. The molecule has 11 aromatic rings. The highest BCUT2D eigenvalue weighted by Gasteiger charge is 2.30. The van der Waals surface area contributed by atoms with Crippen LogP contribution in [0.3, 0.4) is 0 Å². The zero-order chi connectivity index (χ0) is 38.4. The quantitative estimate of drug-likeness (QED) is 0.169. The van der Waals surface area contributed by atoms with E-state index >= 15 is 0 Å². The number of para-hydroxylation sites is 5. The summed E-state index contributed by atoms with van der Waals surface area (Å²) in [7, 11) is 0. The van der Waals surface area contributed by atoms with Crippen molar-refractivity contribution in [2.24, 2.45) is 0 Å². The van der Waals surface area contributed by atoms with Gasteiger partial charge in [-0.1, -0.05) is 140 Å². The van der Waals surface area contributed by atoms with Crippen molar-refractivity contribution < 1.29 is 0 Å². The number of aromatic nitrogens is 1. The van der Waals surface area contributed by atoms with Crippen LogP contribution >= 0.6 is 0 Å². The van der Waals surface area contributed by atoms with Crippen molar-refractivity contribution in [1.82, 2.24) is 4.40 Å². The zero-order valence-corrected chi connectivity index (χ0v) is 32.6. The van der Waals surface area contributed by atoms with Crippen LogP contribution < -0.4 is 9.80 Å². The molecule has 2 aromatic heterocycles. The molecule has 0 radical (unpaired) electrons. The van der Waals surface area contributed by atoms with Gasteiger partial charge in [0.1, 0.15) is 0 Å². The van der Waals surface area contributed by atoms with Gasteiger partial charge in [0.25, 0.3) is 0 Å². The number of rotatable bonds is 6. The van der Waals surface area contributed by atoms with E-state index < -0.39 is 0 Å². The Labute approximate surface area is 332 Å². The van der Waals surface area contributed by atoms with Crippen LogP contribution in [-0.4, -0.2) is 4.40 Å². The van der Waals surface area contributed by atoms with Crippen molar-refractivity contribution >= 4 is 93.8 Å². The van der Waals surface area contributed by atoms with Crippen molar-refractivity contribution in [2.75, 3.05) is 9.80 Å². The molecule has 0 aliphatic heterocycles. The third-order valence-corrected chi connectivity index (χ3v) is 12.1. The van der Waals surface area contributed by atoms with Crippen LogP contribution in [0.2, 0.25) is 0 Å². The number of aryl methyl sites for hydroxylation is 4. The number of hydrogen-bond donors (Lipinski definition) is 0. The SMILES string of the molecule is Cc1cccc(C)c1N(c1ccccc1)c1c2ccccc2cc2c1c1cccc3c4c(N(c5ccccc5)c5c(C)cccc5C)c5ccccc5cc4n2c13. The third kappa shape index (κ3) is 4.85. The van der Waals surface area contributed by atoms with Gasteiger partial charge in [0.2, 0.25) is 0 Å². The first kappa shape index (κ1) is 33.3. The topological polar surface area (TPSA) is 10.9 Å². The van der Waals surface area contributed by atoms with Gasteiger partial charge >= 0.3 is 0 Å². The molecule has 11 rings (SSSR count). The minimum absolute atomic E-state index is 1.14. The van der Waals surface area contributed by atoms with Crippen molar-refractivity contribution in [1.29, 1.82) is 0 Å². The van der Waals surface area contributed by atoms with Gasteiger partial charge in [-0.15, -0.1) is 0 Å². The molecule has 0 saturated heterocycles. The van der Waals surface area contributed by atoms with Crippen LogP contribution in [0.1, 0.15) is 22.3 Å². The molecule has 57 heavy (non-hydrogen) atoms. The van der Waals surface area contributed by atoms with Crippen LogP contribution in [0, 0.1) is 27.7 Å². The maximum absolute atomic E-state index is 2.57. The van der Waals surface area contributed by atoms with Crippen LogP contribution in [0.15, 0.2) is 176 Å². The van der Waals surface area contributed by atoms with Gasteiger partial charge in [0.05, 0.1) is 39.3 Å². The van der Waals surface area contributed by atoms with Gasteiger partial charge < -0.3 is 14.2 Å². The van der Waals surface area contributed by atoms with Gasteiger partial charge in [0, 0.05) is 43.7 Å². The molecule has 0 aliphatic carbocycles. The average molecular weight is 732 g/mol. The smallest absolute Gasteiger partial charge is 0.0640 e. The first-order chi connectivity index (χ1) is 28.0. The van der Waals surface area contributed by atoms with E-state index in [2.05, 4.69) is 218 Å². The summed E-state index contributed by atoms with van der Waals surface area (Å²) in [5.41, 5.74) is 15.8. The highest BCUT2D eigenvalue weighted by atomic mass is 15.2. The van der Waals surface area contributed by atoms with Crippen molar-refractivity contribution in [3.8, 4) is 0 Å². The van der Waals surface area contributed by atoms with Gasteiger partial charge in [-0.2, -0.15) is 0 Å². The summed E-state index contributed by atoms with van der Waals surface area (Å²) in [5, 5.41) is 9.89. The molecule has 272 valence electrons. The van der Waals surface area contributed by atoms with Crippen molar-refractivity contribution in [3.63, 3.8) is 0 Å². The summed E-state index contributed by atoms with van der Waals surface area (Å²) in [6.07, 6.45) is 0. The van der Waals surface area contributed by atoms with Gasteiger partial charge in [0.15, 0.2) is 0 Å². The van der Waals surface area contributed by atoms with E-state index in [0.29, 0.717) is 0 Å². The number of benzene rings is 9. The number of nitrogens with zero attached hydrogens (tertiary/aromatic N) is 3. The molecule has 0 spiro atoms. The average Bonchev–Trinajstić information content (AvgIpc) is 3.75. The van der Waals surface area contributed by atoms with E-state index in [1.807, 2.05) is 0 Å². The Balaban J connectivity index is 1.36. The second kappa shape index (κ2) is 12.7. The summed E-state index contributed by atoms with van der Waals surface area (Å²) in [6, 6.07) is 64.8. The minimum atomic E-state index is 1.14. The molecule has 0 saturated carbocycles. The monoisotopic (exact) mass is 731 g/mol. The maximum Gasteiger partial charge on any atom is 0.0640 e. The maximum atomic E-state index is 2.57. The third-order valence-electron chi connectivity index (χ3n) is 12.1. The summed E-state index contributed by atoms with van der Waals surface area (Å²) in [5.74, 6) is 0.